The summed E-state index contributed by atoms with van der Waals surface area (Å²) in [6, 6.07) is 10.6. The zero-order valence-electron chi connectivity index (χ0n) is 9.63. The van der Waals surface area contributed by atoms with Gasteiger partial charge in [-0.1, -0.05) is 19.1 Å². The third kappa shape index (κ3) is 3.75. The Morgan fingerprint density at radius 3 is 2.41 bits per heavy atom. The average Bonchev–Trinajstić information content (AvgIpc) is 2.83. The Bertz CT molecular complexity index is 425. The molecule has 2 aromatic rings. The van der Waals surface area contributed by atoms with Crippen LogP contribution in [0.25, 0.3) is 0 Å². The van der Waals surface area contributed by atoms with Gasteiger partial charge < -0.3 is 5.73 Å². The number of thioether (sulfide) groups is 1. The smallest absolute Gasteiger partial charge is 0.0559 e. The molecule has 0 aliphatic rings. The molecule has 0 saturated carbocycles. The Balaban J connectivity index is 0.00000144. The number of rotatable bonds is 4. The molecular weight excluding hydrogens is 270 g/mol. The van der Waals surface area contributed by atoms with Gasteiger partial charge in [-0.05, 0) is 45.8 Å². The number of halogens is 1. The van der Waals surface area contributed by atoms with Gasteiger partial charge in [0.2, 0.25) is 0 Å². The van der Waals surface area contributed by atoms with Gasteiger partial charge in [0.25, 0.3) is 0 Å². The summed E-state index contributed by atoms with van der Waals surface area (Å²) < 4.78 is 0. The first-order chi connectivity index (χ1) is 7.81. The molecule has 0 fully saturated rings. The maximum Gasteiger partial charge on any atom is 0.0559 e. The standard InChI is InChI=1S/C13H15NS2.ClH/c1-2-16-12-5-3-10(4-6-12)13(14)11-7-8-15-9-11;/h3-9,13H,2,14H2,1H3;1H/t13-;/m0./s1. The molecule has 2 N–H and O–H groups in total. The Labute approximate surface area is 117 Å². The van der Waals surface area contributed by atoms with Crippen molar-refractivity contribution in [1.29, 1.82) is 0 Å². The molecule has 1 aromatic heterocycles. The summed E-state index contributed by atoms with van der Waals surface area (Å²) in [6.07, 6.45) is 0. The zero-order valence-corrected chi connectivity index (χ0v) is 12.1. The third-order valence-electron chi connectivity index (χ3n) is 2.45. The molecule has 17 heavy (non-hydrogen) atoms. The zero-order chi connectivity index (χ0) is 11.4. The summed E-state index contributed by atoms with van der Waals surface area (Å²) in [5.74, 6) is 1.11. The molecule has 0 radical (unpaired) electrons. The first-order valence-corrected chi connectivity index (χ1v) is 7.24. The SMILES string of the molecule is CCSc1ccc([C@H](N)c2ccsc2)cc1.Cl. The van der Waals surface area contributed by atoms with Crippen LogP contribution in [0.5, 0.6) is 0 Å². The molecule has 92 valence electrons. The van der Waals surface area contributed by atoms with Crippen LogP contribution in [0.3, 0.4) is 0 Å². The molecule has 0 aliphatic carbocycles. The fourth-order valence-electron chi connectivity index (χ4n) is 1.58. The van der Waals surface area contributed by atoms with Crippen LogP contribution in [0.1, 0.15) is 24.1 Å². The number of hydrogen-bond acceptors (Lipinski definition) is 3. The molecule has 1 heterocycles. The van der Waals surface area contributed by atoms with Crippen LogP contribution in [-0.4, -0.2) is 5.75 Å². The topological polar surface area (TPSA) is 26.0 Å². The van der Waals surface area contributed by atoms with E-state index in [2.05, 4.69) is 48.0 Å². The number of hydrogen-bond donors (Lipinski definition) is 1. The van der Waals surface area contributed by atoms with Crippen molar-refractivity contribution in [2.45, 2.75) is 17.9 Å². The molecule has 0 spiro atoms. The second-order valence-electron chi connectivity index (χ2n) is 3.54. The van der Waals surface area contributed by atoms with Crippen molar-refractivity contribution in [2.75, 3.05) is 5.75 Å². The summed E-state index contributed by atoms with van der Waals surface area (Å²) in [5, 5.41) is 4.18. The highest BCUT2D eigenvalue weighted by Crippen LogP contribution is 2.24. The highest BCUT2D eigenvalue weighted by Gasteiger charge is 2.08. The molecule has 0 unspecified atom stereocenters. The molecular formula is C13H16ClNS2. The van der Waals surface area contributed by atoms with Crippen molar-refractivity contribution in [3.05, 3.63) is 52.2 Å². The highest BCUT2D eigenvalue weighted by molar-refractivity contribution is 7.99. The summed E-state index contributed by atoms with van der Waals surface area (Å²) in [4.78, 5) is 1.31. The summed E-state index contributed by atoms with van der Waals surface area (Å²) in [7, 11) is 0. The summed E-state index contributed by atoms with van der Waals surface area (Å²) in [6.45, 7) is 2.16. The largest absolute Gasteiger partial charge is 0.320 e. The number of nitrogens with two attached hydrogens (primary N) is 1. The maximum atomic E-state index is 6.18. The van der Waals surface area contributed by atoms with E-state index in [1.807, 2.05) is 11.8 Å². The van der Waals surface area contributed by atoms with Crippen LogP contribution in [0, 0.1) is 0 Å². The number of benzene rings is 1. The average molecular weight is 286 g/mol. The second-order valence-corrected chi connectivity index (χ2v) is 5.65. The fraction of sp³-hybridized carbons (Fsp3) is 0.231. The molecule has 0 aliphatic heterocycles. The Morgan fingerprint density at radius 2 is 1.88 bits per heavy atom. The van der Waals surface area contributed by atoms with Gasteiger partial charge in [-0.2, -0.15) is 11.3 Å². The Kier molecular flexibility index (Phi) is 6.06. The van der Waals surface area contributed by atoms with E-state index in [4.69, 9.17) is 5.73 Å². The molecule has 0 saturated heterocycles. The van der Waals surface area contributed by atoms with E-state index in [-0.39, 0.29) is 18.4 Å². The van der Waals surface area contributed by atoms with Gasteiger partial charge in [-0.25, -0.2) is 0 Å². The normalized spacial score (nSPS) is 11.9. The predicted octanol–water partition coefficient (Wildman–Crippen LogP) is 4.33. The third-order valence-corrected chi connectivity index (χ3v) is 4.05. The second kappa shape index (κ2) is 7.07. The van der Waals surface area contributed by atoms with Crippen molar-refractivity contribution in [2.24, 2.45) is 5.73 Å². The van der Waals surface area contributed by atoms with Crippen molar-refractivity contribution in [3.8, 4) is 0 Å². The summed E-state index contributed by atoms with van der Waals surface area (Å²) in [5.41, 5.74) is 8.56. The highest BCUT2D eigenvalue weighted by atomic mass is 35.5. The van der Waals surface area contributed by atoms with Gasteiger partial charge in [0.05, 0.1) is 6.04 Å². The van der Waals surface area contributed by atoms with Crippen LogP contribution in [0.15, 0.2) is 46.0 Å². The van der Waals surface area contributed by atoms with E-state index >= 15 is 0 Å². The Morgan fingerprint density at radius 1 is 1.18 bits per heavy atom. The van der Waals surface area contributed by atoms with Gasteiger partial charge in [0.15, 0.2) is 0 Å². The summed E-state index contributed by atoms with van der Waals surface area (Å²) >= 11 is 3.54. The monoisotopic (exact) mass is 285 g/mol. The fourth-order valence-corrected chi connectivity index (χ4v) is 2.94. The van der Waals surface area contributed by atoms with Gasteiger partial charge >= 0.3 is 0 Å². The minimum Gasteiger partial charge on any atom is -0.320 e. The lowest BCUT2D eigenvalue weighted by Crippen LogP contribution is -2.10. The lowest BCUT2D eigenvalue weighted by atomic mass is 10.0. The molecule has 4 heteroatoms. The Hall–Kier alpha value is -0.480. The molecule has 1 nitrogen and oxygen atoms in total. The van der Waals surface area contributed by atoms with Gasteiger partial charge in [0.1, 0.15) is 0 Å². The lowest BCUT2D eigenvalue weighted by Gasteiger charge is -2.10. The molecule has 2 rings (SSSR count). The van der Waals surface area contributed by atoms with Crippen molar-refractivity contribution >= 4 is 35.5 Å². The van der Waals surface area contributed by atoms with Gasteiger partial charge in [-0.15, -0.1) is 24.2 Å². The minimum atomic E-state index is 0. The van der Waals surface area contributed by atoms with E-state index in [0.717, 1.165) is 5.75 Å². The van der Waals surface area contributed by atoms with Crippen molar-refractivity contribution in [3.63, 3.8) is 0 Å². The van der Waals surface area contributed by atoms with Crippen LogP contribution in [0.4, 0.5) is 0 Å². The maximum absolute atomic E-state index is 6.18. The van der Waals surface area contributed by atoms with Crippen molar-refractivity contribution < 1.29 is 0 Å². The number of thiophene rings is 1. The van der Waals surface area contributed by atoms with E-state index < -0.39 is 0 Å². The first kappa shape index (κ1) is 14.6. The van der Waals surface area contributed by atoms with E-state index in [1.54, 1.807) is 11.3 Å². The van der Waals surface area contributed by atoms with Crippen LogP contribution in [0.2, 0.25) is 0 Å². The van der Waals surface area contributed by atoms with Gasteiger partial charge in [-0.3, -0.25) is 0 Å². The lowest BCUT2D eigenvalue weighted by molar-refractivity contribution is 0.875. The van der Waals surface area contributed by atoms with E-state index in [0.29, 0.717) is 0 Å². The van der Waals surface area contributed by atoms with E-state index in [1.165, 1.54) is 16.0 Å². The molecule has 0 amide bonds. The van der Waals surface area contributed by atoms with Crippen LogP contribution < -0.4 is 5.73 Å². The van der Waals surface area contributed by atoms with Crippen LogP contribution in [-0.2, 0) is 0 Å². The first-order valence-electron chi connectivity index (χ1n) is 5.31. The predicted molar refractivity (Wildman–Crippen MR) is 80.4 cm³/mol. The van der Waals surface area contributed by atoms with Gasteiger partial charge in [0, 0.05) is 4.90 Å². The van der Waals surface area contributed by atoms with Crippen molar-refractivity contribution in [1.82, 2.24) is 0 Å². The minimum absolute atomic E-state index is 0. The van der Waals surface area contributed by atoms with Crippen LogP contribution >= 0.6 is 35.5 Å². The molecule has 1 aromatic carbocycles. The quantitative estimate of drug-likeness (QED) is 0.846. The molecule has 1 atom stereocenters. The van der Waals surface area contributed by atoms with E-state index in [9.17, 15) is 0 Å². The molecule has 0 bridgehead atoms.